The third kappa shape index (κ3) is 5.21. The van der Waals surface area contributed by atoms with Gasteiger partial charge in [-0.2, -0.15) is 0 Å². The van der Waals surface area contributed by atoms with E-state index in [1.165, 1.54) is 5.56 Å². The molecule has 0 fully saturated rings. The number of anilines is 2. The van der Waals surface area contributed by atoms with Crippen molar-refractivity contribution in [2.75, 3.05) is 17.2 Å². The number of hydrogen-bond donors (Lipinski definition) is 2. The third-order valence-electron chi connectivity index (χ3n) is 3.99. The maximum Gasteiger partial charge on any atom is 0.255 e. The first-order valence-corrected chi connectivity index (χ1v) is 8.55. The van der Waals surface area contributed by atoms with Crippen molar-refractivity contribution >= 4 is 17.3 Å². The van der Waals surface area contributed by atoms with E-state index < -0.39 is 0 Å². The van der Waals surface area contributed by atoms with Crippen molar-refractivity contribution in [3.63, 3.8) is 0 Å². The summed E-state index contributed by atoms with van der Waals surface area (Å²) in [6.07, 6.45) is 2.15. The molecule has 0 saturated heterocycles. The lowest BCUT2D eigenvalue weighted by atomic mass is 10.1. The molecule has 0 unspecified atom stereocenters. The Bertz CT molecular complexity index is 783. The molecular formula is C22H22N2O. The van der Waals surface area contributed by atoms with Crippen LogP contribution in [0.1, 0.15) is 22.3 Å². The maximum absolute atomic E-state index is 12.1. The van der Waals surface area contributed by atoms with E-state index >= 15 is 0 Å². The molecule has 126 valence electrons. The average Bonchev–Trinajstić information content (AvgIpc) is 2.68. The molecule has 25 heavy (non-hydrogen) atoms. The Hall–Kier alpha value is -3.07. The van der Waals surface area contributed by atoms with Gasteiger partial charge in [-0.25, -0.2) is 0 Å². The highest BCUT2D eigenvalue weighted by molar-refractivity contribution is 6.04. The van der Waals surface area contributed by atoms with Crippen LogP contribution in [0.4, 0.5) is 11.4 Å². The molecule has 1 amide bonds. The number of amides is 1. The standard InChI is InChI=1S/C22H22N2O/c25-22(19-11-5-2-6-12-19)24-21-15-13-20(14-16-21)23-17-7-10-18-8-3-1-4-9-18/h1-6,8-9,11-16,23H,7,10,17H2,(H,24,25). The van der Waals surface area contributed by atoms with Crippen molar-refractivity contribution in [3.05, 3.63) is 96.1 Å². The predicted molar refractivity (Wildman–Crippen MR) is 104 cm³/mol. The predicted octanol–water partition coefficient (Wildman–Crippen LogP) is 4.98. The number of rotatable bonds is 7. The van der Waals surface area contributed by atoms with Gasteiger partial charge >= 0.3 is 0 Å². The molecule has 0 aliphatic rings. The summed E-state index contributed by atoms with van der Waals surface area (Å²) in [4.78, 5) is 12.1. The van der Waals surface area contributed by atoms with E-state index in [0.29, 0.717) is 5.56 Å². The number of carbonyl (C=O) groups excluding carboxylic acids is 1. The van der Waals surface area contributed by atoms with Gasteiger partial charge in [-0.05, 0) is 54.8 Å². The molecule has 2 N–H and O–H groups in total. The molecule has 0 spiro atoms. The van der Waals surface area contributed by atoms with Crippen LogP contribution in [0.5, 0.6) is 0 Å². The van der Waals surface area contributed by atoms with Gasteiger partial charge in [0.1, 0.15) is 0 Å². The van der Waals surface area contributed by atoms with Gasteiger partial charge in [-0.3, -0.25) is 4.79 Å². The minimum atomic E-state index is -0.0934. The summed E-state index contributed by atoms with van der Waals surface area (Å²) in [5, 5.41) is 6.32. The lowest BCUT2D eigenvalue weighted by Gasteiger charge is -2.09. The normalized spacial score (nSPS) is 10.2. The fourth-order valence-electron chi connectivity index (χ4n) is 2.63. The Morgan fingerprint density at radius 2 is 1.32 bits per heavy atom. The summed E-state index contributed by atoms with van der Waals surface area (Å²) in [6, 6.07) is 27.5. The number of hydrogen-bond acceptors (Lipinski definition) is 2. The minimum Gasteiger partial charge on any atom is -0.385 e. The maximum atomic E-state index is 12.1. The van der Waals surface area contributed by atoms with Gasteiger partial charge < -0.3 is 10.6 Å². The topological polar surface area (TPSA) is 41.1 Å². The van der Waals surface area contributed by atoms with Crippen molar-refractivity contribution in [3.8, 4) is 0 Å². The first-order chi connectivity index (χ1) is 12.3. The Morgan fingerprint density at radius 1 is 0.720 bits per heavy atom. The van der Waals surface area contributed by atoms with Crippen molar-refractivity contribution in [2.24, 2.45) is 0 Å². The molecule has 3 nitrogen and oxygen atoms in total. The highest BCUT2D eigenvalue weighted by Crippen LogP contribution is 2.15. The second-order valence-electron chi connectivity index (χ2n) is 5.91. The summed E-state index contributed by atoms with van der Waals surface area (Å²) >= 11 is 0. The second-order valence-corrected chi connectivity index (χ2v) is 5.91. The largest absolute Gasteiger partial charge is 0.385 e. The molecule has 0 saturated carbocycles. The van der Waals surface area contributed by atoms with Gasteiger partial charge in [0.2, 0.25) is 0 Å². The molecule has 0 bridgehead atoms. The van der Waals surface area contributed by atoms with Gasteiger partial charge in [0.25, 0.3) is 5.91 Å². The Morgan fingerprint density at radius 3 is 2.00 bits per heavy atom. The Labute approximate surface area is 148 Å². The number of nitrogens with one attached hydrogen (secondary N) is 2. The molecule has 0 atom stereocenters. The molecule has 0 heterocycles. The Kier molecular flexibility index (Phi) is 5.83. The molecule has 3 aromatic carbocycles. The van der Waals surface area contributed by atoms with Gasteiger partial charge in [-0.15, -0.1) is 0 Å². The van der Waals surface area contributed by atoms with Crippen molar-refractivity contribution in [2.45, 2.75) is 12.8 Å². The number of aryl methyl sites for hydroxylation is 1. The highest BCUT2D eigenvalue weighted by atomic mass is 16.1. The second kappa shape index (κ2) is 8.69. The summed E-state index contributed by atoms with van der Waals surface area (Å²) in [5.74, 6) is -0.0934. The lowest BCUT2D eigenvalue weighted by molar-refractivity contribution is 0.102. The van der Waals surface area contributed by atoms with Crippen molar-refractivity contribution in [1.29, 1.82) is 0 Å². The molecule has 3 aromatic rings. The van der Waals surface area contributed by atoms with E-state index in [-0.39, 0.29) is 5.91 Å². The summed E-state index contributed by atoms with van der Waals surface area (Å²) < 4.78 is 0. The summed E-state index contributed by atoms with van der Waals surface area (Å²) in [7, 11) is 0. The fourth-order valence-corrected chi connectivity index (χ4v) is 2.63. The van der Waals surface area contributed by atoms with Gasteiger partial charge in [0.15, 0.2) is 0 Å². The van der Waals surface area contributed by atoms with Crippen LogP contribution in [0.3, 0.4) is 0 Å². The molecule has 3 heteroatoms. The van der Waals surface area contributed by atoms with Crippen LogP contribution in [-0.4, -0.2) is 12.5 Å². The molecular weight excluding hydrogens is 308 g/mol. The molecule has 0 radical (unpaired) electrons. The average molecular weight is 330 g/mol. The molecule has 0 aliphatic heterocycles. The van der Waals surface area contributed by atoms with E-state index in [0.717, 1.165) is 30.8 Å². The number of carbonyl (C=O) groups is 1. The van der Waals surface area contributed by atoms with Gasteiger partial charge in [0.05, 0.1) is 0 Å². The smallest absolute Gasteiger partial charge is 0.255 e. The summed E-state index contributed by atoms with van der Waals surface area (Å²) in [6.45, 7) is 0.921. The number of benzene rings is 3. The van der Waals surface area contributed by atoms with Crippen LogP contribution in [0.15, 0.2) is 84.9 Å². The Balaban J connectivity index is 1.45. The first-order valence-electron chi connectivity index (χ1n) is 8.55. The van der Waals surface area contributed by atoms with E-state index in [4.69, 9.17) is 0 Å². The van der Waals surface area contributed by atoms with Crippen LogP contribution in [0.2, 0.25) is 0 Å². The van der Waals surface area contributed by atoms with Crippen LogP contribution >= 0.6 is 0 Å². The lowest BCUT2D eigenvalue weighted by Crippen LogP contribution is -2.11. The monoisotopic (exact) mass is 330 g/mol. The third-order valence-corrected chi connectivity index (χ3v) is 3.99. The van der Waals surface area contributed by atoms with E-state index in [1.807, 2.05) is 48.5 Å². The SMILES string of the molecule is O=C(Nc1ccc(NCCCc2ccccc2)cc1)c1ccccc1. The fraction of sp³-hybridized carbons (Fsp3) is 0.136. The van der Waals surface area contributed by atoms with E-state index in [1.54, 1.807) is 12.1 Å². The summed E-state index contributed by atoms with van der Waals surface area (Å²) in [5.41, 5.74) is 3.88. The minimum absolute atomic E-state index is 0.0934. The zero-order valence-corrected chi connectivity index (χ0v) is 14.1. The molecule has 3 rings (SSSR count). The van der Waals surface area contributed by atoms with Gasteiger partial charge in [-0.1, -0.05) is 48.5 Å². The van der Waals surface area contributed by atoms with Crippen LogP contribution in [-0.2, 0) is 6.42 Å². The van der Waals surface area contributed by atoms with Crippen molar-refractivity contribution < 1.29 is 4.79 Å². The van der Waals surface area contributed by atoms with Crippen LogP contribution < -0.4 is 10.6 Å². The van der Waals surface area contributed by atoms with Crippen LogP contribution in [0, 0.1) is 0 Å². The van der Waals surface area contributed by atoms with Crippen LogP contribution in [0.25, 0.3) is 0 Å². The van der Waals surface area contributed by atoms with Gasteiger partial charge in [0, 0.05) is 23.5 Å². The quantitative estimate of drug-likeness (QED) is 0.600. The molecule has 0 aromatic heterocycles. The first kappa shape index (κ1) is 16.8. The van der Waals surface area contributed by atoms with Crippen molar-refractivity contribution in [1.82, 2.24) is 0 Å². The van der Waals surface area contributed by atoms with E-state index in [9.17, 15) is 4.79 Å². The zero-order valence-electron chi connectivity index (χ0n) is 14.1. The zero-order chi connectivity index (χ0) is 17.3. The van der Waals surface area contributed by atoms with E-state index in [2.05, 4.69) is 34.9 Å². The highest BCUT2D eigenvalue weighted by Gasteiger charge is 2.04. The molecule has 0 aliphatic carbocycles.